The summed E-state index contributed by atoms with van der Waals surface area (Å²) < 4.78 is 11.6. The summed E-state index contributed by atoms with van der Waals surface area (Å²) >= 11 is 0. The van der Waals surface area contributed by atoms with E-state index in [-0.39, 0.29) is 5.43 Å². The van der Waals surface area contributed by atoms with E-state index in [1.807, 2.05) is 6.07 Å². The van der Waals surface area contributed by atoms with Crippen molar-refractivity contribution >= 4 is 5.95 Å². The summed E-state index contributed by atoms with van der Waals surface area (Å²) in [6.07, 6.45) is 8.33. The number of rotatable bonds is 6. The minimum atomic E-state index is -0.0984. The van der Waals surface area contributed by atoms with Gasteiger partial charge >= 0.3 is 0 Å². The number of ether oxygens (including phenoxy) is 1. The molecular formula is C26H28N4O3. The molecule has 0 radical (unpaired) electrons. The Morgan fingerprint density at radius 2 is 1.88 bits per heavy atom. The van der Waals surface area contributed by atoms with E-state index in [0.29, 0.717) is 36.0 Å². The van der Waals surface area contributed by atoms with E-state index in [4.69, 9.17) is 9.15 Å². The molecule has 4 heterocycles. The molecule has 3 aromatic rings. The van der Waals surface area contributed by atoms with Crippen LogP contribution in [0, 0.1) is 11.3 Å². The molecule has 33 heavy (non-hydrogen) atoms. The average Bonchev–Trinajstić information content (AvgIpc) is 2.79. The van der Waals surface area contributed by atoms with Gasteiger partial charge in [0, 0.05) is 50.1 Å². The van der Waals surface area contributed by atoms with Gasteiger partial charge in [0.15, 0.2) is 0 Å². The highest BCUT2D eigenvalue weighted by atomic mass is 16.5. The van der Waals surface area contributed by atoms with Crippen molar-refractivity contribution in [3.05, 3.63) is 82.2 Å². The first kappa shape index (κ1) is 20.4. The molecule has 2 fully saturated rings. The summed E-state index contributed by atoms with van der Waals surface area (Å²) in [6, 6.07) is 12.0. The van der Waals surface area contributed by atoms with Crippen LogP contribution in [0.1, 0.15) is 29.7 Å². The highest BCUT2D eigenvalue weighted by molar-refractivity contribution is 5.37. The molecule has 1 aromatic carbocycles. The maximum atomic E-state index is 12.6. The van der Waals surface area contributed by atoms with Gasteiger partial charge in [-0.05, 0) is 42.4 Å². The molecule has 2 aliphatic heterocycles. The molecule has 7 heteroatoms. The predicted molar refractivity (Wildman–Crippen MR) is 124 cm³/mol. The highest BCUT2D eigenvalue weighted by Crippen LogP contribution is 2.52. The Kier molecular flexibility index (Phi) is 5.14. The van der Waals surface area contributed by atoms with E-state index in [9.17, 15) is 4.79 Å². The number of nitrogens with zero attached hydrogens (tertiary/aromatic N) is 4. The van der Waals surface area contributed by atoms with Gasteiger partial charge in [-0.1, -0.05) is 24.3 Å². The topological polar surface area (TPSA) is 71.7 Å². The number of fused-ring (bicyclic) bond motifs is 1. The summed E-state index contributed by atoms with van der Waals surface area (Å²) in [7, 11) is 0. The molecule has 6 rings (SSSR count). The Balaban J connectivity index is 0.979. The van der Waals surface area contributed by atoms with Gasteiger partial charge < -0.3 is 14.1 Å². The fourth-order valence-electron chi connectivity index (χ4n) is 5.64. The third-order valence-corrected chi connectivity index (χ3v) is 7.25. The van der Waals surface area contributed by atoms with Crippen molar-refractivity contribution in [1.82, 2.24) is 14.9 Å². The summed E-state index contributed by atoms with van der Waals surface area (Å²) in [5, 5.41) is 0. The van der Waals surface area contributed by atoms with Crippen molar-refractivity contribution in [3.63, 3.8) is 0 Å². The number of anilines is 1. The number of hydrogen-bond donors (Lipinski definition) is 0. The molecular weight excluding hydrogens is 416 g/mol. The van der Waals surface area contributed by atoms with Crippen molar-refractivity contribution < 1.29 is 9.15 Å². The van der Waals surface area contributed by atoms with E-state index in [2.05, 4.69) is 44.0 Å². The Bertz CT molecular complexity index is 1180. The number of aromatic nitrogens is 2. The summed E-state index contributed by atoms with van der Waals surface area (Å²) in [5.74, 6) is 2.30. The van der Waals surface area contributed by atoms with Crippen LogP contribution in [-0.4, -0.2) is 41.1 Å². The van der Waals surface area contributed by atoms with Gasteiger partial charge in [0.05, 0.1) is 13.2 Å². The van der Waals surface area contributed by atoms with Gasteiger partial charge in [0.2, 0.25) is 17.1 Å². The van der Waals surface area contributed by atoms with Crippen molar-refractivity contribution in [2.45, 2.75) is 32.4 Å². The zero-order chi connectivity index (χ0) is 22.3. The molecule has 2 aromatic heterocycles. The SMILES string of the molecule is O=c1cc(CN2CCc3ccccc3C2)occ1OCC1CC2(C1)CN(c1ncccn1)C2. The fraction of sp³-hybridized carbons (Fsp3) is 0.423. The van der Waals surface area contributed by atoms with Crippen LogP contribution in [0.15, 0.2) is 64.3 Å². The van der Waals surface area contributed by atoms with Crippen LogP contribution in [0.3, 0.4) is 0 Å². The van der Waals surface area contributed by atoms with Gasteiger partial charge in [0.25, 0.3) is 0 Å². The second-order valence-corrected chi connectivity index (χ2v) is 9.79. The average molecular weight is 445 g/mol. The molecule has 1 saturated carbocycles. The molecule has 170 valence electrons. The normalized spacial score (nSPS) is 19.6. The Hall–Kier alpha value is -3.19. The van der Waals surface area contributed by atoms with Gasteiger partial charge in [-0.15, -0.1) is 0 Å². The lowest BCUT2D eigenvalue weighted by Crippen LogP contribution is -2.63. The lowest BCUT2D eigenvalue weighted by molar-refractivity contribution is -0.00215. The molecule has 1 spiro atoms. The molecule has 1 aliphatic carbocycles. The monoisotopic (exact) mass is 444 g/mol. The first-order valence-electron chi connectivity index (χ1n) is 11.7. The lowest BCUT2D eigenvalue weighted by atomic mass is 9.58. The summed E-state index contributed by atoms with van der Waals surface area (Å²) in [6.45, 7) is 5.06. The molecule has 1 saturated heterocycles. The zero-order valence-electron chi connectivity index (χ0n) is 18.7. The van der Waals surface area contributed by atoms with Gasteiger partial charge in [-0.3, -0.25) is 9.69 Å². The second kappa shape index (κ2) is 8.30. The van der Waals surface area contributed by atoms with Crippen LogP contribution in [0.2, 0.25) is 0 Å². The fourth-order valence-corrected chi connectivity index (χ4v) is 5.64. The Labute approximate surface area is 193 Å². The third kappa shape index (κ3) is 4.13. The standard InChI is InChI=1S/C26H28N4O3/c31-23-10-22(14-29-9-6-20-4-1-2-5-21(20)13-29)32-16-24(23)33-15-19-11-26(12-19)17-30(18-26)25-27-7-3-8-28-25/h1-5,7-8,10,16,19H,6,9,11-15,17-18H2. The summed E-state index contributed by atoms with van der Waals surface area (Å²) in [5.41, 5.74) is 3.04. The van der Waals surface area contributed by atoms with Crippen LogP contribution in [0.5, 0.6) is 5.75 Å². The van der Waals surface area contributed by atoms with Crippen LogP contribution >= 0.6 is 0 Å². The minimum Gasteiger partial charge on any atom is -0.486 e. The van der Waals surface area contributed by atoms with E-state index < -0.39 is 0 Å². The van der Waals surface area contributed by atoms with E-state index in [1.165, 1.54) is 17.4 Å². The molecule has 0 unspecified atom stereocenters. The molecule has 0 atom stereocenters. The van der Waals surface area contributed by atoms with Crippen molar-refractivity contribution in [2.75, 3.05) is 31.1 Å². The smallest absolute Gasteiger partial charge is 0.227 e. The lowest BCUT2D eigenvalue weighted by Gasteiger charge is -2.58. The maximum Gasteiger partial charge on any atom is 0.227 e. The highest BCUT2D eigenvalue weighted by Gasteiger charge is 2.53. The van der Waals surface area contributed by atoms with Crippen molar-refractivity contribution in [1.29, 1.82) is 0 Å². The van der Waals surface area contributed by atoms with Gasteiger partial charge in [-0.25, -0.2) is 9.97 Å². The third-order valence-electron chi connectivity index (χ3n) is 7.25. The van der Waals surface area contributed by atoms with Crippen LogP contribution in [0.25, 0.3) is 0 Å². The van der Waals surface area contributed by atoms with Crippen LogP contribution < -0.4 is 15.1 Å². The van der Waals surface area contributed by atoms with Crippen molar-refractivity contribution in [2.24, 2.45) is 11.3 Å². The first-order valence-corrected chi connectivity index (χ1v) is 11.7. The molecule has 0 N–H and O–H groups in total. The van der Waals surface area contributed by atoms with Crippen LogP contribution in [0.4, 0.5) is 5.95 Å². The second-order valence-electron chi connectivity index (χ2n) is 9.79. The Morgan fingerprint density at radius 1 is 1.09 bits per heavy atom. The molecule has 0 amide bonds. The number of benzene rings is 1. The van der Waals surface area contributed by atoms with E-state index in [0.717, 1.165) is 51.4 Å². The summed E-state index contributed by atoms with van der Waals surface area (Å²) in [4.78, 5) is 25.8. The number of hydrogen-bond acceptors (Lipinski definition) is 7. The molecule has 7 nitrogen and oxygen atoms in total. The predicted octanol–water partition coefficient (Wildman–Crippen LogP) is 3.28. The first-order chi connectivity index (χ1) is 16.2. The molecule has 0 bridgehead atoms. The van der Waals surface area contributed by atoms with Gasteiger partial charge in [0.1, 0.15) is 12.0 Å². The minimum absolute atomic E-state index is 0.0984. The van der Waals surface area contributed by atoms with Crippen molar-refractivity contribution in [3.8, 4) is 5.75 Å². The van der Waals surface area contributed by atoms with E-state index in [1.54, 1.807) is 18.5 Å². The largest absolute Gasteiger partial charge is 0.486 e. The quantitative estimate of drug-likeness (QED) is 0.578. The zero-order valence-corrected chi connectivity index (χ0v) is 18.7. The van der Waals surface area contributed by atoms with Crippen LogP contribution in [-0.2, 0) is 19.5 Å². The maximum absolute atomic E-state index is 12.6. The Morgan fingerprint density at radius 3 is 2.67 bits per heavy atom. The van der Waals surface area contributed by atoms with Gasteiger partial charge in [-0.2, -0.15) is 0 Å². The molecule has 3 aliphatic rings. The van der Waals surface area contributed by atoms with E-state index >= 15 is 0 Å².